The van der Waals surface area contributed by atoms with Crippen molar-refractivity contribution in [3.8, 4) is 0 Å². The van der Waals surface area contributed by atoms with Crippen LogP contribution in [0.1, 0.15) is 26.7 Å². The fraction of sp³-hybridized carbons (Fsp3) is 0.778. The zero-order valence-electron chi connectivity index (χ0n) is 8.58. The Bertz CT molecular complexity index is 178. The maximum Gasteiger partial charge on any atom is 0.516 e. The molecule has 0 unspecified atom stereocenters. The van der Waals surface area contributed by atoms with E-state index < -0.39 is 12.1 Å². The lowest BCUT2D eigenvalue weighted by Crippen LogP contribution is -2.14. The molecule has 0 aliphatic carbocycles. The molecule has 0 fully saturated rings. The first-order chi connectivity index (χ1) is 6.70. The van der Waals surface area contributed by atoms with Gasteiger partial charge in [-0.15, -0.1) is 0 Å². The maximum atomic E-state index is 10.9. The fourth-order valence-corrected chi connectivity index (χ4v) is 0.754. The molecule has 0 aliphatic rings. The molecule has 0 saturated carbocycles. The lowest BCUT2D eigenvalue weighted by Gasteiger charge is -2.02. The van der Waals surface area contributed by atoms with Crippen LogP contribution in [0.25, 0.3) is 0 Å². The van der Waals surface area contributed by atoms with E-state index in [2.05, 4.69) is 9.47 Å². The number of hydrogen-bond donors (Lipinski definition) is 0. The predicted octanol–water partition coefficient (Wildman–Crippen LogP) is 1.50. The third kappa shape index (κ3) is 7.54. The van der Waals surface area contributed by atoms with Crippen LogP contribution in [0.15, 0.2) is 0 Å². The highest BCUT2D eigenvalue weighted by molar-refractivity contribution is 5.81. The minimum atomic E-state index is -0.936. The van der Waals surface area contributed by atoms with Crippen molar-refractivity contribution in [1.82, 2.24) is 0 Å². The van der Waals surface area contributed by atoms with Gasteiger partial charge in [0.15, 0.2) is 0 Å². The molecule has 5 nitrogen and oxygen atoms in total. The Morgan fingerprint density at radius 3 is 2.43 bits per heavy atom. The van der Waals surface area contributed by atoms with E-state index in [0.717, 1.165) is 0 Å². The molecule has 0 radical (unpaired) electrons. The average molecular weight is 204 g/mol. The van der Waals surface area contributed by atoms with Gasteiger partial charge in [0.1, 0.15) is 0 Å². The molecule has 0 atom stereocenters. The van der Waals surface area contributed by atoms with Crippen LogP contribution in [0.3, 0.4) is 0 Å². The van der Waals surface area contributed by atoms with Crippen LogP contribution < -0.4 is 0 Å². The van der Waals surface area contributed by atoms with Crippen molar-refractivity contribution in [1.29, 1.82) is 0 Å². The molecule has 0 rings (SSSR count). The minimum Gasteiger partial charge on any atom is -0.434 e. The van der Waals surface area contributed by atoms with Crippen molar-refractivity contribution in [3.05, 3.63) is 0 Å². The van der Waals surface area contributed by atoms with Gasteiger partial charge in [-0.2, -0.15) is 0 Å². The molecule has 0 spiro atoms. The lowest BCUT2D eigenvalue weighted by atomic mass is 10.3. The van der Waals surface area contributed by atoms with Crippen LogP contribution in [0, 0.1) is 0 Å². The molecule has 0 N–H and O–H groups in total. The lowest BCUT2D eigenvalue weighted by molar-refractivity contribution is -0.140. The van der Waals surface area contributed by atoms with Gasteiger partial charge in [-0.25, -0.2) is 4.79 Å². The Morgan fingerprint density at radius 2 is 1.86 bits per heavy atom. The SMILES string of the molecule is CCOCCCC(=O)OC(=O)OCC. The summed E-state index contributed by atoms with van der Waals surface area (Å²) in [4.78, 5) is 21.6. The van der Waals surface area contributed by atoms with Gasteiger partial charge in [-0.3, -0.25) is 4.79 Å². The van der Waals surface area contributed by atoms with E-state index >= 15 is 0 Å². The number of carbonyl (C=O) groups is 2. The Morgan fingerprint density at radius 1 is 1.14 bits per heavy atom. The zero-order chi connectivity index (χ0) is 10.8. The first-order valence-electron chi connectivity index (χ1n) is 4.65. The summed E-state index contributed by atoms with van der Waals surface area (Å²) in [7, 11) is 0. The van der Waals surface area contributed by atoms with Crippen LogP contribution in [-0.2, 0) is 19.0 Å². The first kappa shape index (κ1) is 12.9. The third-order valence-corrected chi connectivity index (χ3v) is 1.33. The van der Waals surface area contributed by atoms with Crippen molar-refractivity contribution < 1.29 is 23.8 Å². The normalized spacial score (nSPS) is 9.57. The largest absolute Gasteiger partial charge is 0.516 e. The van der Waals surface area contributed by atoms with Crippen molar-refractivity contribution in [2.24, 2.45) is 0 Å². The van der Waals surface area contributed by atoms with E-state index in [0.29, 0.717) is 19.6 Å². The van der Waals surface area contributed by atoms with Crippen molar-refractivity contribution in [2.75, 3.05) is 19.8 Å². The molecule has 0 aliphatic heterocycles. The van der Waals surface area contributed by atoms with Crippen molar-refractivity contribution in [2.45, 2.75) is 26.7 Å². The molecular weight excluding hydrogens is 188 g/mol. The molecule has 0 aromatic heterocycles. The molecule has 82 valence electrons. The van der Waals surface area contributed by atoms with Gasteiger partial charge in [0.2, 0.25) is 0 Å². The summed E-state index contributed by atoms with van der Waals surface area (Å²) in [5.74, 6) is -0.580. The van der Waals surface area contributed by atoms with E-state index in [-0.39, 0.29) is 13.0 Å². The molecule has 0 heterocycles. The fourth-order valence-electron chi connectivity index (χ4n) is 0.754. The second-order valence-corrected chi connectivity index (χ2v) is 2.46. The average Bonchev–Trinajstić information content (AvgIpc) is 2.13. The summed E-state index contributed by atoms with van der Waals surface area (Å²) < 4.78 is 13.8. The maximum absolute atomic E-state index is 10.9. The van der Waals surface area contributed by atoms with E-state index in [1.54, 1.807) is 6.92 Å². The highest BCUT2D eigenvalue weighted by Crippen LogP contribution is 1.95. The summed E-state index contributed by atoms with van der Waals surface area (Å²) in [5.41, 5.74) is 0. The zero-order valence-corrected chi connectivity index (χ0v) is 8.58. The number of carbonyl (C=O) groups excluding carboxylic acids is 2. The summed E-state index contributed by atoms with van der Waals surface area (Å²) in [5, 5.41) is 0. The van der Waals surface area contributed by atoms with Crippen LogP contribution in [0.5, 0.6) is 0 Å². The number of rotatable bonds is 6. The molecule has 0 aromatic carbocycles. The summed E-state index contributed by atoms with van der Waals surface area (Å²) >= 11 is 0. The number of ether oxygens (including phenoxy) is 3. The van der Waals surface area contributed by atoms with E-state index in [9.17, 15) is 9.59 Å². The summed E-state index contributed by atoms with van der Waals surface area (Å²) in [6, 6.07) is 0. The second kappa shape index (κ2) is 8.50. The molecule has 0 bridgehead atoms. The topological polar surface area (TPSA) is 61.8 Å². The van der Waals surface area contributed by atoms with Gasteiger partial charge < -0.3 is 14.2 Å². The van der Waals surface area contributed by atoms with Crippen LogP contribution in [0.4, 0.5) is 4.79 Å². The highest BCUT2D eigenvalue weighted by Gasteiger charge is 2.09. The van der Waals surface area contributed by atoms with E-state index in [1.165, 1.54) is 0 Å². The van der Waals surface area contributed by atoms with Gasteiger partial charge >= 0.3 is 12.1 Å². The molecule has 5 heteroatoms. The minimum absolute atomic E-state index is 0.165. The quantitative estimate of drug-likeness (QED) is 0.373. The number of esters is 1. The van der Waals surface area contributed by atoms with Gasteiger partial charge in [0, 0.05) is 19.6 Å². The first-order valence-corrected chi connectivity index (χ1v) is 4.65. The number of hydrogen-bond acceptors (Lipinski definition) is 5. The molecular formula is C9H16O5. The highest BCUT2D eigenvalue weighted by atomic mass is 16.7. The predicted molar refractivity (Wildman–Crippen MR) is 48.8 cm³/mol. The Balaban J connectivity index is 3.40. The Labute approximate surface area is 83.3 Å². The van der Waals surface area contributed by atoms with Crippen molar-refractivity contribution in [3.63, 3.8) is 0 Å². The molecule has 0 amide bonds. The third-order valence-electron chi connectivity index (χ3n) is 1.33. The summed E-state index contributed by atoms with van der Waals surface area (Å²) in [6.45, 7) is 4.82. The van der Waals surface area contributed by atoms with E-state index in [1.807, 2.05) is 6.92 Å². The van der Waals surface area contributed by atoms with Crippen LogP contribution >= 0.6 is 0 Å². The van der Waals surface area contributed by atoms with Gasteiger partial charge in [0.05, 0.1) is 6.61 Å². The smallest absolute Gasteiger partial charge is 0.434 e. The standard InChI is InChI=1S/C9H16O5/c1-3-12-7-5-6-8(10)14-9(11)13-4-2/h3-7H2,1-2H3. The Kier molecular flexibility index (Phi) is 7.83. The molecule has 0 aromatic rings. The van der Waals surface area contributed by atoms with Gasteiger partial charge in [-0.1, -0.05) is 0 Å². The van der Waals surface area contributed by atoms with Crippen LogP contribution in [0.2, 0.25) is 0 Å². The Hall–Kier alpha value is -1.10. The van der Waals surface area contributed by atoms with Gasteiger partial charge in [0.25, 0.3) is 0 Å². The molecule has 0 saturated heterocycles. The van der Waals surface area contributed by atoms with Gasteiger partial charge in [-0.05, 0) is 20.3 Å². The summed E-state index contributed by atoms with van der Waals surface area (Å²) in [6.07, 6.45) is -0.223. The van der Waals surface area contributed by atoms with Crippen molar-refractivity contribution >= 4 is 12.1 Å². The monoisotopic (exact) mass is 204 g/mol. The van der Waals surface area contributed by atoms with Crippen LogP contribution in [-0.4, -0.2) is 31.9 Å². The molecule has 14 heavy (non-hydrogen) atoms. The van der Waals surface area contributed by atoms with E-state index in [4.69, 9.17) is 4.74 Å². The second-order valence-electron chi connectivity index (χ2n) is 2.46.